The average molecular weight is 285 g/mol. The van der Waals surface area contributed by atoms with Crippen molar-refractivity contribution >= 4 is 11.4 Å². The molecule has 110 valence electrons. The second kappa shape index (κ2) is 5.64. The zero-order chi connectivity index (χ0) is 14.8. The standard InChI is InChI=1S/C17H19NO3/c1-11-4-3-5-13(10-11)14-15(19)16(21-17(14)18-2)12-6-8-20-9-7-12/h3-6,8,10,12,16,18H,7,9H2,1-2H3. The molecule has 2 atom stereocenters. The molecule has 0 fully saturated rings. The van der Waals surface area contributed by atoms with Crippen molar-refractivity contribution in [3.05, 3.63) is 53.6 Å². The highest BCUT2D eigenvalue weighted by atomic mass is 16.5. The smallest absolute Gasteiger partial charge is 0.209 e. The number of aryl methyl sites for hydroxylation is 1. The molecule has 0 spiro atoms. The molecule has 0 radical (unpaired) electrons. The van der Waals surface area contributed by atoms with Gasteiger partial charge in [0, 0.05) is 13.0 Å². The fraction of sp³-hybridized carbons (Fsp3) is 0.353. The van der Waals surface area contributed by atoms with Gasteiger partial charge in [0.2, 0.25) is 5.78 Å². The maximum absolute atomic E-state index is 12.8. The zero-order valence-corrected chi connectivity index (χ0v) is 12.3. The summed E-state index contributed by atoms with van der Waals surface area (Å²) in [7, 11) is 1.78. The van der Waals surface area contributed by atoms with E-state index in [0.29, 0.717) is 18.1 Å². The van der Waals surface area contributed by atoms with Gasteiger partial charge in [-0.2, -0.15) is 0 Å². The number of hydrogen-bond acceptors (Lipinski definition) is 4. The van der Waals surface area contributed by atoms with Crippen LogP contribution in [0.1, 0.15) is 17.5 Å². The van der Waals surface area contributed by atoms with Gasteiger partial charge in [-0.3, -0.25) is 4.79 Å². The minimum absolute atomic E-state index is 0.0431. The molecule has 21 heavy (non-hydrogen) atoms. The summed E-state index contributed by atoms with van der Waals surface area (Å²) in [6.07, 6.45) is 3.92. The molecule has 4 nitrogen and oxygen atoms in total. The van der Waals surface area contributed by atoms with Crippen molar-refractivity contribution in [3.63, 3.8) is 0 Å². The number of hydrogen-bond donors (Lipinski definition) is 1. The monoisotopic (exact) mass is 285 g/mol. The van der Waals surface area contributed by atoms with Gasteiger partial charge in [0.1, 0.15) is 0 Å². The molecule has 0 saturated carbocycles. The Morgan fingerprint density at radius 1 is 1.33 bits per heavy atom. The lowest BCUT2D eigenvalue weighted by Gasteiger charge is -2.22. The van der Waals surface area contributed by atoms with Gasteiger partial charge in [-0.25, -0.2) is 0 Å². The summed E-state index contributed by atoms with van der Waals surface area (Å²) >= 11 is 0. The van der Waals surface area contributed by atoms with E-state index in [1.807, 2.05) is 37.3 Å². The average Bonchev–Trinajstić information content (AvgIpc) is 2.85. The molecule has 0 amide bonds. The van der Waals surface area contributed by atoms with Gasteiger partial charge in [-0.05, 0) is 25.0 Å². The second-order valence-corrected chi connectivity index (χ2v) is 5.38. The van der Waals surface area contributed by atoms with Crippen molar-refractivity contribution < 1.29 is 14.3 Å². The van der Waals surface area contributed by atoms with E-state index in [1.54, 1.807) is 13.3 Å². The Balaban J connectivity index is 1.93. The van der Waals surface area contributed by atoms with E-state index in [9.17, 15) is 4.79 Å². The molecule has 4 heteroatoms. The largest absolute Gasteiger partial charge is 0.501 e. The van der Waals surface area contributed by atoms with Crippen LogP contribution < -0.4 is 5.32 Å². The van der Waals surface area contributed by atoms with Crippen molar-refractivity contribution in [1.29, 1.82) is 0 Å². The number of carbonyl (C=O) groups excluding carboxylic acids is 1. The first kappa shape index (κ1) is 13.7. The van der Waals surface area contributed by atoms with Crippen LogP contribution >= 0.6 is 0 Å². The zero-order valence-electron chi connectivity index (χ0n) is 12.3. The van der Waals surface area contributed by atoms with Crippen LogP contribution in [0.25, 0.3) is 5.57 Å². The molecule has 0 bridgehead atoms. The number of benzene rings is 1. The predicted molar refractivity (Wildman–Crippen MR) is 80.2 cm³/mol. The lowest BCUT2D eigenvalue weighted by molar-refractivity contribution is -0.122. The van der Waals surface area contributed by atoms with Crippen LogP contribution in [0.4, 0.5) is 0 Å². The molecule has 3 rings (SSSR count). The van der Waals surface area contributed by atoms with Crippen molar-refractivity contribution in [2.24, 2.45) is 5.92 Å². The van der Waals surface area contributed by atoms with E-state index in [2.05, 4.69) is 5.32 Å². The van der Waals surface area contributed by atoms with Gasteiger partial charge in [-0.1, -0.05) is 29.8 Å². The minimum Gasteiger partial charge on any atom is -0.501 e. The van der Waals surface area contributed by atoms with Crippen LogP contribution in [0.5, 0.6) is 0 Å². The van der Waals surface area contributed by atoms with Crippen LogP contribution in [0, 0.1) is 12.8 Å². The summed E-state index contributed by atoms with van der Waals surface area (Å²) in [5.74, 6) is 0.675. The Morgan fingerprint density at radius 3 is 2.86 bits per heavy atom. The Kier molecular flexibility index (Phi) is 3.69. The maximum atomic E-state index is 12.8. The molecule has 2 aliphatic heterocycles. The summed E-state index contributed by atoms with van der Waals surface area (Å²) in [5.41, 5.74) is 2.67. The van der Waals surface area contributed by atoms with E-state index in [1.165, 1.54) is 0 Å². The number of Topliss-reactive ketones (excluding diaryl/α,β-unsaturated/α-hetero) is 1. The first-order chi connectivity index (χ1) is 10.2. The van der Waals surface area contributed by atoms with Crippen molar-refractivity contribution in [1.82, 2.24) is 5.32 Å². The van der Waals surface area contributed by atoms with Gasteiger partial charge in [0.25, 0.3) is 0 Å². The molecular formula is C17H19NO3. The number of ketones is 1. The van der Waals surface area contributed by atoms with Crippen LogP contribution in [-0.2, 0) is 14.3 Å². The Labute approximate surface area is 124 Å². The Hall–Kier alpha value is -2.23. The van der Waals surface area contributed by atoms with Gasteiger partial charge >= 0.3 is 0 Å². The lowest BCUT2D eigenvalue weighted by Crippen LogP contribution is -2.29. The fourth-order valence-corrected chi connectivity index (χ4v) is 2.81. The summed E-state index contributed by atoms with van der Waals surface area (Å²) in [5, 5.41) is 3.01. The summed E-state index contributed by atoms with van der Waals surface area (Å²) < 4.78 is 11.1. The van der Waals surface area contributed by atoms with Crippen molar-refractivity contribution in [2.45, 2.75) is 19.4 Å². The number of ether oxygens (including phenoxy) is 2. The predicted octanol–water partition coefficient (Wildman–Crippen LogP) is 2.40. The molecule has 1 aromatic rings. The first-order valence-electron chi connectivity index (χ1n) is 7.19. The van der Waals surface area contributed by atoms with Crippen molar-refractivity contribution in [2.75, 3.05) is 13.7 Å². The molecule has 1 aromatic carbocycles. The van der Waals surface area contributed by atoms with Crippen molar-refractivity contribution in [3.8, 4) is 0 Å². The topological polar surface area (TPSA) is 47.6 Å². The normalized spacial score (nSPS) is 24.8. The van der Waals surface area contributed by atoms with E-state index in [0.717, 1.165) is 17.5 Å². The molecule has 2 heterocycles. The lowest BCUT2D eigenvalue weighted by atomic mass is 9.90. The molecule has 2 unspecified atom stereocenters. The summed E-state index contributed by atoms with van der Waals surface area (Å²) in [6, 6.07) is 7.93. The van der Waals surface area contributed by atoms with Gasteiger partial charge < -0.3 is 14.8 Å². The number of nitrogens with one attached hydrogen (secondary N) is 1. The first-order valence-corrected chi connectivity index (χ1v) is 7.19. The molecule has 0 aromatic heterocycles. The summed E-state index contributed by atoms with van der Waals surface area (Å²) in [6.45, 7) is 2.64. The molecule has 0 saturated heterocycles. The highest BCUT2D eigenvalue weighted by molar-refractivity contribution is 6.25. The minimum atomic E-state index is -0.455. The quantitative estimate of drug-likeness (QED) is 0.926. The van der Waals surface area contributed by atoms with Crippen LogP contribution in [0.15, 0.2) is 42.5 Å². The molecule has 2 aliphatic rings. The van der Waals surface area contributed by atoms with Crippen LogP contribution in [0.2, 0.25) is 0 Å². The highest BCUT2D eigenvalue weighted by Gasteiger charge is 2.40. The van der Waals surface area contributed by atoms with Gasteiger partial charge in [-0.15, -0.1) is 0 Å². The van der Waals surface area contributed by atoms with E-state index >= 15 is 0 Å². The highest BCUT2D eigenvalue weighted by Crippen LogP contribution is 2.34. The van der Waals surface area contributed by atoms with E-state index < -0.39 is 6.10 Å². The second-order valence-electron chi connectivity index (χ2n) is 5.38. The fourth-order valence-electron chi connectivity index (χ4n) is 2.81. The third-order valence-corrected chi connectivity index (χ3v) is 3.89. The molecule has 0 aliphatic carbocycles. The Bertz CT molecular complexity index is 618. The van der Waals surface area contributed by atoms with Gasteiger partial charge in [0.15, 0.2) is 12.0 Å². The van der Waals surface area contributed by atoms with E-state index in [-0.39, 0.29) is 11.7 Å². The van der Waals surface area contributed by atoms with Crippen LogP contribution in [0.3, 0.4) is 0 Å². The maximum Gasteiger partial charge on any atom is 0.209 e. The summed E-state index contributed by atoms with van der Waals surface area (Å²) in [4.78, 5) is 12.8. The molecule has 1 N–H and O–H groups in total. The third-order valence-electron chi connectivity index (χ3n) is 3.89. The Morgan fingerprint density at radius 2 is 2.19 bits per heavy atom. The number of carbonyl (C=O) groups is 1. The van der Waals surface area contributed by atoms with E-state index in [4.69, 9.17) is 9.47 Å². The third kappa shape index (κ3) is 2.53. The number of rotatable bonds is 3. The van der Waals surface area contributed by atoms with Crippen LogP contribution in [-0.4, -0.2) is 25.5 Å². The van der Waals surface area contributed by atoms with Gasteiger partial charge in [0.05, 0.1) is 18.4 Å². The molecular weight excluding hydrogens is 266 g/mol. The SMILES string of the molecule is CNC1=C(c2cccc(C)c2)C(=O)C(C2C=COCC2)O1.